The smallest absolute Gasteiger partial charge is 0.241 e. The summed E-state index contributed by atoms with van der Waals surface area (Å²) in [7, 11) is 0. The van der Waals surface area contributed by atoms with Crippen molar-refractivity contribution in [1.82, 2.24) is 14.9 Å². The van der Waals surface area contributed by atoms with Gasteiger partial charge >= 0.3 is 0 Å². The summed E-state index contributed by atoms with van der Waals surface area (Å²) in [5, 5.41) is 2.38. The van der Waals surface area contributed by atoms with Crippen LogP contribution in [0.5, 0.6) is 0 Å². The normalized spacial score (nSPS) is 16.2. The molecular weight excluding hydrogens is 376 g/mol. The van der Waals surface area contributed by atoms with Crippen LogP contribution in [0.15, 0.2) is 24.3 Å². The van der Waals surface area contributed by atoms with Crippen LogP contribution in [0, 0.1) is 18.6 Å². The standard InChI is InChI=1S/C21H27F2N5O/c1-13(2)20-24-14(3)12-18(25-20)28-10-8-27(9-11-28)15(4)21(29)26-19-16(22)6-5-7-17(19)23/h5-7,12-13,15H,8-11H2,1-4H3,(H,26,29). The zero-order valence-electron chi connectivity index (χ0n) is 17.2. The van der Waals surface area contributed by atoms with Crippen LogP contribution in [-0.4, -0.2) is 53.0 Å². The molecule has 1 aliphatic rings. The molecule has 1 aliphatic heterocycles. The van der Waals surface area contributed by atoms with Gasteiger partial charge in [-0.05, 0) is 26.0 Å². The Kier molecular flexibility index (Phi) is 6.42. The van der Waals surface area contributed by atoms with E-state index in [4.69, 9.17) is 0 Å². The Balaban J connectivity index is 1.62. The fourth-order valence-electron chi connectivity index (χ4n) is 3.34. The molecule has 0 radical (unpaired) electrons. The van der Waals surface area contributed by atoms with E-state index < -0.39 is 29.3 Å². The predicted octanol–water partition coefficient (Wildman–Crippen LogP) is 3.34. The van der Waals surface area contributed by atoms with Crippen molar-refractivity contribution in [2.24, 2.45) is 0 Å². The second kappa shape index (κ2) is 8.82. The molecule has 1 amide bonds. The molecule has 0 bridgehead atoms. The van der Waals surface area contributed by atoms with E-state index >= 15 is 0 Å². The van der Waals surface area contributed by atoms with Crippen molar-refractivity contribution in [3.05, 3.63) is 47.4 Å². The first-order valence-electron chi connectivity index (χ1n) is 9.85. The van der Waals surface area contributed by atoms with Crippen molar-refractivity contribution >= 4 is 17.4 Å². The van der Waals surface area contributed by atoms with Gasteiger partial charge in [0, 0.05) is 43.9 Å². The van der Waals surface area contributed by atoms with Gasteiger partial charge in [0.2, 0.25) is 5.91 Å². The molecule has 1 N–H and O–H groups in total. The second-order valence-corrected chi connectivity index (χ2v) is 7.67. The van der Waals surface area contributed by atoms with Crippen LogP contribution in [0.3, 0.4) is 0 Å². The third-order valence-electron chi connectivity index (χ3n) is 5.15. The van der Waals surface area contributed by atoms with Crippen LogP contribution in [0.4, 0.5) is 20.3 Å². The number of carbonyl (C=O) groups excluding carboxylic acids is 1. The van der Waals surface area contributed by atoms with E-state index in [1.54, 1.807) is 6.92 Å². The third kappa shape index (κ3) is 4.87. The number of nitrogens with one attached hydrogen (secondary N) is 1. The van der Waals surface area contributed by atoms with E-state index in [-0.39, 0.29) is 5.92 Å². The lowest BCUT2D eigenvalue weighted by Gasteiger charge is -2.38. The molecule has 29 heavy (non-hydrogen) atoms. The van der Waals surface area contributed by atoms with Crippen molar-refractivity contribution in [2.75, 3.05) is 36.4 Å². The summed E-state index contributed by atoms with van der Waals surface area (Å²) in [6.45, 7) is 10.5. The Morgan fingerprint density at radius 2 is 1.69 bits per heavy atom. The molecule has 0 aliphatic carbocycles. The first-order valence-corrected chi connectivity index (χ1v) is 9.85. The number of rotatable bonds is 5. The Morgan fingerprint density at radius 1 is 1.07 bits per heavy atom. The highest BCUT2D eigenvalue weighted by Gasteiger charge is 2.27. The number of para-hydroxylation sites is 1. The number of amides is 1. The van der Waals surface area contributed by atoms with E-state index in [0.29, 0.717) is 26.2 Å². The molecule has 1 aromatic heterocycles. The summed E-state index contributed by atoms with van der Waals surface area (Å²) in [6.07, 6.45) is 0. The Labute approximate surface area is 169 Å². The first-order chi connectivity index (χ1) is 13.8. The number of nitrogens with zero attached hydrogens (tertiary/aromatic N) is 4. The Morgan fingerprint density at radius 3 is 2.28 bits per heavy atom. The summed E-state index contributed by atoms with van der Waals surface area (Å²) in [4.78, 5) is 25.8. The molecule has 6 nitrogen and oxygen atoms in total. The van der Waals surface area contributed by atoms with Crippen molar-refractivity contribution in [1.29, 1.82) is 0 Å². The molecule has 1 atom stereocenters. The molecule has 1 fully saturated rings. The van der Waals surface area contributed by atoms with Crippen LogP contribution >= 0.6 is 0 Å². The van der Waals surface area contributed by atoms with E-state index in [2.05, 4.69) is 34.0 Å². The molecule has 8 heteroatoms. The SMILES string of the molecule is Cc1cc(N2CCN(C(C)C(=O)Nc3c(F)cccc3F)CC2)nc(C(C)C)n1. The van der Waals surface area contributed by atoms with Gasteiger partial charge in [0.15, 0.2) is 0 Å². The summed E-state index contributed by atoms with van der Waals surface area (Å²) in [6, 6.07) is 4.98. The number of anilines is 2. The van der Waals surface area contributed by atoms with Crippen LogP contribution in [-0.2, 0) is 4.79 Å². The van der Waals surface area contributed by atoms with Crippen LogP contribution < -0.4 is 10.2 Å². The highest BCUT2D eigenvalue weighted by molar-refractivity contribution is 5.94. The maximum atomic E-state index is 13.8. The number of hydrogen-bond acceptors (Lipinski definition) is 5. The largest absolute Gasteiger partial charge is 0.354 e. The summed E-state index contributed by atoms with van der Waals surface area (Å²) in [5.74, 6) is -0.0285. The van der Waals surface area contributed by atoms with Crippen LogP contribution in [0.25, 0.3) is 0 Å². The monoisotopic (exact) mass is 403 g/mol. The van der Waals surface area contributed by atoms with Crippen LogP contribution in [0.1, 0.15) is 38.2 Å². The highest BCUT2D eigenvalue weighted by atomic mass is 19.1. The lowest BCUT2D eigenvalue weighted by molar-refractivity contribution is -0.120. The quantitative estimate of drug-likeness (QED) is 0.830. The van der Waals surface area contributed by atoms with Gasteiger partial charge in [-0.1, -0.05) is 19.9 Å². The number of piperazine rings is 1. The molecule has 1 aromatic carbocycles. The number of hydrogen-bond donors (Lipinski definition) is 1. The molecule has 156 valence electrons. The molecule has 1 unspecified atom stereocenters. The minimum absolute atomic E-state index is 0.248. The molecule has 0 spiro atoms. The lowest BCUT2D eigenvalue weighted by Crippen LogP contribution is -2.53. The second-order valence-electron chi connectivity index (χ2n) is 7.67. The lowest BCUT2D eigenvalue weighted by atomic mass is 10.2. The maximum Gasteiger partial charge on any atom is 0.241 e. The van der Waals surface area contributed by atoms with E-state index in [1.165, 1.54) is 6.07 Å². The van der Waals surface area contributed by atoms with Gasteiger partial charge in [-0.15, -0.1) is 0 Å². The number of aromatic nitrogens is 2. The van der Waals surface area contributed by atoms with E-state index in [1.807, 2.05) is 17.9 Å². The van der Waals surface area contributed by atoms with Crippen LogP contribution in [0.2, 0.25) is 0 Å². The molecular formula is C21H27F2N5O. The minimum atomic E-state index is -0.782. The highest BCUT2D eigenvalue weighted by Crippen LogP contribution is 2.21. The maximum absolute atomic E-state index is 13.8. The van der Waals surface area contributed by atoms with Crippen molar-refractivity contribution in [3.8, 4) is 0 Å². The Hall–Kier alpha value is -2.61. The number of halogens is 2. The van der Waals surface area contributed by atoms with Gasteiger partial charge < -0.3 is 10.2 Å². The molecule has 2 heterocycles. The summed E-state index contributed by atoms with van der Waals surface area (Å²) in [5.41, 5.74) is 0.529. The fraction of sp³-hybridized carbons (Fsp3) is 0.476. The van der Waals surface area contributed by atoms with Crippen molar-refractivity contribution in [2.45, 2.75) is 39.7 Å². The predicted molar refractivity (Wildman–Crippen MR) is 109 cm³/mol. The van der Waals surface area contributed by atoms with Crippen molar-refractivity contribution < 1.29 is 13.6 Å². The van der Waals surface area contributed by atoms with Crippen molar-refractivity contribution in [3.63, 3.8) is 0 Å². The topological polar surface area (TPSA) is 61.4 Å². The third-order valence-corrected chi connectivity index (χ3v) is 5.15. The number of carbonyl (C=O) groups is 1. The van der Waals surface area contributed by atoms with Gasteiger partial charge in [0.25, 0.3) is 0 Å². The van der Waals surface area contributed by atoms with Gasteiger partial charge in [-0.2, -0.15) is 0 Å². The molecule has 1 saturated heterocycles. The molecule has 0 saturated carbocycles. The number of aryl methyl sites for hydroxylation is 1. The summed E-state index contributed by atoms with van der Waals surface area (Å²) < 4.78 is 27.6. The Bertz CT molecular complexity index is 861. The van der Waals surface area contributed by atoms with E-state index in [0.717, 1.165) is 29.5 Å². The molecule has 2 aromatic rings. The van der Waals surface area contributed by atoms with Gasteiger partial charge in [0.05, 0.1) is 6.04 Å². The molecule has 3 rings (SSSR count). The first kappa shape index (κ1) is 21.1. The zero-order valence-corrected chi connectivity index (χ0v) is 17.2. The van der Waals surface area contributed by atoms with E-state index in [9.17, 15) is 13.6 Å². The van der Waals surface area contributed by atoms with Gasteiger partial charge in [0.1, 0.15) is 29.0 Å². The average molecular weight is 403 g/mol. The fourth-order valence-corrected chi connectivity index (χ4v) is 3.34. The zero-order chi connectivity index (χ0) is 21.1. The minimum Gasteiger partial charge on any atom is -0.354 e. The number of benzene rings is 1. The summed E-state index contributed by atoms with van der Waals surface area (Å²) >= 11 is 0. The van der Waals surface area contributed by atoms with Gasteiger partial charge in [-0.3, -0.25) is 9.69 Å². The average Bonchev–Trinajstić information content (AvgIpc) is 2.69. The van der Waals surface area contributed by atoms with Gasteiger partial charge in [-0.25, -0.2) is 18.7 Å².